The number of carbonyl (C=O) groups is 2. The highest BCUT2D eigenvalue weighted by atomic mass is 32.2. The number of halogens is 1. The van der Waals surface area contributed by atoms with Crippen LogP contribution >= 0.6 is 0 Å². The number of hydrogen-bond acceptors (Lipinski definition) is 5. The second-order valence-corrected chi connectivity index (χ2v) is 8.15. The van der Waals surface area contributed by atoms with Crippen LogP contribution in [-0.4, -0.2) is 55.7 Å². The van der Waals surface area contributed by atoms with Crippen molar-refractivity contribution in [1.82, 2.24) is 9.21 Å². The monoisotopic (exact) mass is 406 g/mol. The summed E-state index contributed by atoms with van der Waals surface area (Å²) < 4.78 is 45.2. The predicted molar refractivity (Wildman–Crippen MR) is 98.8 cm³/mol. The van der Waals surface area contributed by atoms with E-state index in [-0.39, 0.29) is 37.0 Å². The summed E-state index contributed by atoms with van der Waals surface area (Å²) in [4.78, 5) is 24.7. The summed E-state index contributed by atoms with van der Waals surface area (Å²) in [6, 6.07) is 11.4. The molecule has 0 atom stereocenters. The molecule has 0 bridgehead atoms. The summed E-state index contributed by atoms with van der Waals surface area (Å²) in [7, 11) is -3.95. The Balaban J connectivity index is 1.66. The molecule has 0 aromatic heterocycles. The average molecular weight is 406 g/mol. The Kier molecular flexibility index (Phi) is 5.76. The van der Waals surface area contributed by atoms with Gasteiger partial charge in [-0.05, 0) is 36.4 Å². The van der Waals surface area contributed by atoms with Crippen molar-refractivity contribution in [3.63, 3.8) is 0 Å². The summed E-state index contributed by atoms with van der Waals surface area (Å²) in [6.07, 6.45) is 0. The highest BCUT2D eigenvalue weighted by molar-refractivity contribution is 7.89. The van der Waals surface area contributed by atoms with Crippen molar-refractivity contribution in [1.29, 1.82) is 0 Å². The Bertz CT molecular complexity index is 984. The van der Waals surface area contributed by atoms with Crippen molar-refractivity contribution < 1.29 is 27.1 Å². The molecule has 1 fully saturated rings. The molecule has 1 aliphatic heterocycles. The van der Waals surface area contributed by atoms with Gasteiger partial charge in [-0.25, -0.2) is 12.8 Å². The molecular formula is C19H19FN2O5S. The molecule has 2 aromatic carbocycles. The zero-order chi connectivity index (χ0) is 20.3. The van der Waals surface area contributed by atoms with Gasteiger partial charge in [-0.15, -0.1) is 0 Å². The van der Waals surface area contributed by atoms with Gasteiger partial charge in [-0.2, -0.15) is 4.31 Å². The molecule has 0 radical (unpaired) electrons. The predicted octanol–water partition coefficient (Wildman–Crippen LogP) is 1.90. The fourth-order valence-electron chi connectivity index (χ4n) is 2.94. The highest BCUT2D eigenvalue weighted by Crippen LogP contribution is 2.21. The molecule has 0 N–H and O–H groups in total. The SMILES string of the molecule is CC(=O)Oc1ccc(C(=O)N2CCN(S(=O)(=O)c3ccccc3F)CC2)cc1. The second-order valence-electron chi connectivity index (χ2n) is 6.24. The van der Waals surface area contributed by atoms with E-state index in [0.29, 0.717) is 11.3 Å². The van der Waals surface area contributed by atoms with Crippen LogP contribution in [0.2, 0.25) is 0 Å². The van der Waals surface area contributed by atoms with Gasteiger partial charge in [0.25, 0.3) is 5.91 Å². The minimum absolute atomic E-state index is 0.0773. The van der Waals surface area contributed by atoms with Gasteiger partial charge in [0, 0.05) is 38.7 Å². The third-order valence-corrected chi connectivity index (χ3v) is 6.28. The molecule has 2 aromatic rings. The number of esters is 1. The first-order valence-electron chi connectivity index (χ1n) is 8.61. The maximum Gasteiger partial charge on any atom is 0.308 e. The van der Waals surface area contributed by atoms with Crippen molar-refractivity contribution in [2.45, 2.75) is 11.8 Å². The molecule has 1 heterocycles. The van der Waals surface area contributed by atoms with Crippen LogP contribution in [0.1, 0.15) is 17.3 Å². The molecule has 7 nitrogen and oxygen atoms in total. The third-order valence-electron chi connectivity index (χ3n) is 4.34. The lowest BCUT2D eigenvalue weighted by Crippen LogP contribution is -2.50. The number of rotatable bonds is 4. The first-order chi connectivity index (χ1) is 13.3. The van der Waals surface area contributed by atoms with Crippen molar-refractivity contribution in [2.75, 3.05) is 26.2 Å². The molecule has 1 saturated heterocycles. The maximum absolute atomic E-state index is 13.9. The first-order valence-corrected chi connectivity index (χ1v) is 10.1. The van der Waals surface area contributed by atoms with E-state index >= 15 is 0 Å². The number of ether oxygens (including phenoxy) is 1. The summed E-state index contributed by atoms with van der Waals surface area (Å²) in [5, 5.41) is 0. The lowest BCUT2D eigenvalue weighted by molar-refractivity contribution is -0.131. The van der Waals surface area contributed by atoms with Gasteiger partial charge in [0.05, 0.1) is 0 Å². The zero-order valence-electron chi connectivity index (χ0n) is 15.2. The highest BCUT2D eigenvalue weighted by Gasteiger charge is 2.32. The molecule has 0 aliphatic carbocycles. The minimum Gasteiger partial charge on any atom is -0.427 e. The van der Waals surface area contributed by atoms with Crippen LogP contribution in [0, 0.1) is 5.82 Å². The first kappa shape index (κ1) is 20.0. The van der Waals surface area contributed by atoms with Gasteiger partial charge in [-0.3, -0.25) is 9.59 Å². The van der Waals surface area contributed by atoms with Gasteiger partial charge in [0.2, 0.25) is 10.0 Å². The Morgan fingerprint density at radius 3 is 2.14 bits per heavy atom. The fourth-order valence-corrected chi connectivity index (χ4v) is 4.43. The maximum atomic E-state index is 13.9. The van der Waals surface area contributed by atoms with Crippen molar-refractivity contribution >= 4 is 21.9 Å². The number of hydrogen-bond donors (Lipinski definition) is 0. The smallest absolute Gasteiger partial charge is 0.308 e. The fraction of sp³-hybridized carbons (Fsp3) is 0.263. The van der Waals surface area contributed by atoms with Crippen LogP contribution in [-0.2, 0) is 14.8 Å². The lowest BCUT2D eigenvalue weighted by Gasteiger charge is -2.34. The van der Waals surface area contributed by atoms with E-state index < -0.39 is 21.8 Å². The van der Waals surface area contributed by atoms with Crippen LogP contribution < -0.4 is 4.74 Å². The van der Waals surface area contributed by atoms with Gasteiger partial charge >= 0.3 is 5.97 Å². The Labute approximate surface area is 162 Å². The summed E-state index contributed by atoms with van der Waals surface area (Å²) in [5.74, 6) is -1.16. The quantitative estimate of drug-likeness (QED) is 0.572. The van der Waals surface area contributed by atoms with Crippen LogP contribution in [0.15, 0.2) is 53.4 Å². The van der Waals surface area contributed by atoms with E-state index in [0.717, 1.165) is 6.07 Å². The molecule has 1 amide bonds. The van der Waals surface area contributed by atoms with E-state index in [1.165, 1.54) is 46.5 Å². The minimum atomic E-state index is -3.95. The molecule has 0 saturated carbocycles. The standard InChI is InChI=1S/C19H19FN2O5S/c1-14(23)27-16-8-6-15(7-9-16)19(24)21-10-12-22(13-11-21)28(25,26)18-5-3-2-4-17(18)20/h2-9H,10-13H2,1H3. The normalized spacial score (nSPS) is 15.3. The number of piperazine rings is 1. The van der Waals surface area contributed by atoms with Crippen molar-refractivity contribution in [3.05, 3.63) is 59.9 Å². The Morgan fingerprint density at radius 2 is 1.57 bits per heavy atom. The van der Waals surface area contributed by atoms with Crippen LogP contribution in [0.5, 0.6) is 5.75 Å². The van der Waals surface area contributed by atoms with E-state index in [1.54, 1.807) is 12.1 Å². The largest absolute Gasteiger partial charge is 0.427 e. The second kappa shape index (κ2) is 8.07. The molecule has 1 aliphatic rings. The molecule has 3 rings (SSSR count). The van der Waals surface area contributed by atoms with E-state index in [4.69, 9.17) is 4.74 Å². The van der Waals surface area contributed by atoms with Crippen LogP contribution in [0.3, 0.4) is 0 Å². The number of nitrogens with zero attached hydrogens (tertiary/aromatic N) is 2. The van der Waals surface area contributed by atoms with E-state index in [1.807, 2.05) is 0 Å². The van der Waals surface area contributed by atoms with Crippen LogP contribution in [0.25, 0.3) is 0 Å². The van der Waals surface area contributed by atoms with Crippen LogP contribution in [0.4, 0.5) is 4.39 Å². The Hall–Kier alpha value is -2.78. The summed E-state index contributed by atoms with van der Waals surface area (Å²) in [5.41, 5.74) is 0.404. The molecule has 0 spiro atoms. The summed E-state index contributed by atoms with van der Waals surface area (Å²) in [6.45, 7) is 1.83. The topological polar surface area (TPSA) is 84.0 Å². The van der Waals surface area contributed by atoms with Crippen molar-refractivity contribution in [3.8, 4) is 5.75 Å². The van der Waals surface area contributed by atoms with E-state index in [9.17, 15) is 22.4 Å². The number of amides is 1. The molecule has 0 unspecified atom stereocenters. The number of sulfonamides is 1. The van der Waals surface area contributed by atoms with Gasteiger partial charge in [-0.1, -0.05) is 12.1 Å². The number of carbonyl (C=O) groups excluding carboxylic acids is 2. The zero-order valence-corrected chi connectivity index (χ0v) is 16.0. The van der Waals surface area contributed by atoms with Gasteiger partial charge < -0.3 is 9.64 Å². The summed E-state index contributed by atoms with van der Waals surface area (Å²) >= 11 is 0. The molecule has 28 heavy (non-hydrogen) atoms. The lowest BCUT2D eigenvalue weighted by atomic mass is 10.2. The molecule has 9 heteroatoms. The van der Waals surface area contributed by atoms with Crippen molar-refractivity contribution in [2.24, 2.45) is 0 Å². The Morgan fingerprint density at radius 1 is 0.964 bits per heavy atom. The number of benzene rings is 2. The molecule has 148 valence electrons. The third kappa shape index (κ3) is 4.20. The van der Waals surface area contributed by atoms with Gasteiger partial charge in [0.1, 0.15) is 16.5 Å². The van der Waals surface area contributed by atoms with Gasteiger partial charge in [0.15, 0.2) is 0 Å². The van der Waals surface area contributed by atoms with E-state index in [2.05, 4.69) is 0 Å². The molecular weight excluding hydrogens is 387 g/mol. The average Bonchev–Trinajstić information content (AvgIpc) is 2.68.